The van der Waals surface area contributed by atoms with Gasteiger partial charge in [0.25, 0.3) is 0 Å². The van der Waals surface area contributed by atoms with Crippen LogP contribution in [0.15, 0.2) is 24.3 Å². The van der Waals surface area contributed by atoms with E-state index >= 15 is 0 Å². The Balaban J connectivity index is 2.88. The molecule has 0 radical (unpaired) electrons. The average Bonchev–Trinajstić information content (AvgIpc) is 2.52. The molecule has 1 amide bonds. The van der Waals surface area contributed by atoms with Crippen LogP contribution in [0, 0.1) is 11.8 Å². The highest BCUT2D eigenvalue weighted by Crippen LogP contribution is 2.30. The van der Waals surface area contributed by atoms with Crippen LogP contribution in [-0.4, -0.2) is 35.1 Å². The lowest BCUT2D eigenvalue weighted by atomic mass is 9.85. The number of amides is 1. The van der Waals surface area contributed by atoms with E-state index in [2.05, 4.69) is 0 Å². The molecule has 130 valence electrons. The minimum Gasteiger partial charge on any atom is -0.497 e. The maximum atomic E-state index is 12.8. The highest BCUT2D eigenvalue weighted by atomic mass is 16.5. The second kappa shape index (κ2) is 8.34. The molecule has 4 heteroatoms. The summed E-state index contributed by atoms with van der Waals surface area (Å²) in [4.78, 5) is 14.7. The van der Waals surface area contributed by atoms with E-state index in [0.29, 0.717) is 0 Å². The monoisotopic (exact) mass is 321 g/mol. The Morgan fingerprint density at radius 1 is 1.00 bits per heavy atom. The maximum absolute atomic E-state index is 12.8. The van der Waals surface area contributed by atoms with E-state index in [9.17, 15) is 9.90 Å². The number of hydrogen-bond donors (Lipinski definition) is 1. The number of ether oxygens (including phenoxy) is 1. The lowest BCUT2D eigenvalue weighted by Crippen LogP contribution is -2.46. The SMILES string of the molecule is COc1ccc([C@@H](O)[C@@H](C)[C@H](C)C(=O)N(C(C)C)C(C)C)cc1. The van der Waals surface area contributed by atoms with Gasteiger partial charge in [-0.15, -0.1) is 0 Å². The molecule has 0 saturated carbocycles. The average molecular weight is 321 g/mol. The number of hydrogen-bond acceptors (Lipinski definition) is 3. The van der Waals surface area contributed by atoms with Crippen molar-refractivity contribution in [2.75, 3.05) is 7.11 Å². The van der Waals surface area contributed by atoms with E-state index < -0.39 is 6.10 Å². The third-order valence-electron chi connectivity index (χ3n) is 4.50. The largest absolute Gasteiger partial charge is 0.497 e. The van der Waals surface area contributed by atoms with Crippen LogP contribution in [0.4, 0.5) is 0 Å². The molecular weight excluding hydrogens is 290 g/mol. The van der Waals surface area contributed by atoms with Crippen LogP contribution < -0.4 is 4.74 Å². The summed E-state index contributed by atoms with van der Waals surface area (Å²) in [7, 11) is 1.61. The molecule has 1 aromatic carbocycles. The van der Waals surface area contributed by atoms with Crippen molar-refractivity contribution in [2.24, 2.45) is 11.8 Å². The van der Waals surface area contributed by atoms with Crippen molar-refractivity contribution >= 4 is 5.91 Å². The predicted octanol–water partition coefficient (Wildman–Crippen LogP) is 3.65. The standard InChI is InChI=1S/C19H31NO3/c1-12(2)20(13(3)4)19(22)15(6)14(5)18(21)16-8-10-17(23-7)11-9-16/h8-15,18,21H,1-7H3/t14-,15-,18-/m0/s1. The molecule has 0 aromatic heterocycles. The van der Waals surface area contributed by atoms with E-state index in [1.807, 2.05) is 70.7 Å². The number of aliphatic hydroxyl groups is 1. The summed E-state index contributed by atoms with van der Waals surface area (Å²) in [6, 6.07) is 7.64. The molecule has 0 aliphatic rings. The zero-order valence-corrected chi connectivity index (χ0v) is 15.4. The topological polar surface area (TPSA) is 49.8 Å². The molecule has 0 fully saturated rings. The van der Waals surface area contributed by atoms with Crippen molar-refractivity contribution in [1.29, 1.82) is 0 Å². The van der Waals surface area contributed by atoms with Crippen LogP contribution in [0.25, 0.3) is 0 Å². The molecule has 1 N–H and O–H groups in total. The Morgan fingerprint density at radius 2 is 1.48 bits per heavy atom. The summed E-state index contributed by atoms with van der Waals surface area (Å²) in [5.74, 6) is 0.423. The van der Waals surface area contributed by atoms with E-state index in [0.717, 1.165) is 11.3 Å². The Morgan fingerprint density at radius 3 is 1.87 bits per heavy atom. The Hall–Kier alpha value is -1.55. The Kier molecular flexibility index (Phi) is 7.07. The first-order valence-electron chi connectivity index (χ1n) is 8.34. The van der Waals surface area contributed by atoms with Crippen molar-refractivity contribution in [3.05, 3.63) is 29.8 Å². The third-order valence-corrected chi connectivity index (χ3v) is 4.50. The summed E-state index contributed by atoms with van der Waals surface area (Å²) >= 11 is 0. The molecule has 0 spiro atoms. The number of nitrogens with zero attached hydrogens (tertiary/aromatic N) is 1. The summed E-state index contributed by atoms with van der Waals surface area (Å²) in [6.45, 7) is 11.9. The lowest BCUT2D eigenvalue weighted by Gasteiger charge is -2.35. The van der Waals surface area contributed by atoms with Gasteiger partial charge in [0, 0.05) is 18.0 Å². The minimum atomic E-state index is -0.680. The molecule has 23 heavy (non-hydrogen) atoms. The minimum absolute atomic E-state index is 0.0926. The van der Waals surface area contributed by atoms with Gasteiger partial charge in [-0.3, -0.25) is 4.79 Å². The molecule has 0 unspecified atom stereocenters. The summed E-state index contributed by atoms with van der Waals surface area (Å²) < 4.78 is 5.14. The van der Waals surface area contributed by atoms with Gasteiger partial charge < -0.3 is 14.7 Å². The number of benzene rings is 1. The molecule has 4 nitrogen and oxygen atoms in total. The molecule has 3 atom stereocenters. The second-order valence-electron chi connectivity index (χ2n) is 6.80. The highest BCUT2D eigenvalue weighted by molar-refractivity contribution is 5.79. The van der Waals surface area contributed by atoms with Crippen molar-refractivity contribution in [3.63, 3.8) is 0 Å². The van der Waals surface area contributed by atoms with Crippen LogP contribution in [0.1, 0.15) is 53.2 Å². The van der Waals surface area contributed by atoms with Gasteiger partial charge in [0.05, 0.1) is 13.2 Å². The Labute approximate surface area is 140 Å². The molecule has 1 aromatic rings. The summed E-state index contributed by atoms with van der Waals surface area (Å²) in [5, 5.41) is 10.6. The van der Waals surface area contributed by atoms with Gasteiger partial charge in [-0.05, 0) is 51.3 Å². The zero-order valence-electron chi connectivity index (χ0n) is 15.4. The van der Waals surface area contributed by atoms with Crippen LogP contribution in [0.3, 0.4) is 0 Å². The van der Waals surface area contributed by atoms with Crippen molar-refractivity contribution in [2.45, 2.75) is 59.7 Å². The molecule has 1 rings (SSSR count). The molecular formula is C19H31NO3. The number of methoxy groups -OCH3 is 1. The fourth-order valence-electron chi connectivity index (χ4n) is 2.94. The van der Waals surface area contributed by atoms with Crippen LogP contribution in [-0.2, 0) is 4.79 Å². The fraction of sp³-hybridized carbons (Fsp3) is 0.632. The van der Waals surface area contributed by atoms with Gasteiger partial charge in [0.2, 0.25) is 5.91 Å². The second-order valence-corrected chi connectivity index (χ2v) is 6.80. The normalized spacial score (nSPS) is 15.4. The first-order chi connectivity index (χ1) is 10.7. The van der Waals surface area contributed by atoms with Gasteiger partial charge in [-0.1, -0.05) is 26.0 Å². The van der Waals surface area contributed by atoms with Crippen LogP contribution >= 0.6 is 0 Å². The van der Waals surface area contributed by atoms with Crippen molar-refractivity contribution in [1.82, 2.24) is 4.90 Å². The van der Waals surface area contributed by atoms with E-state index in [-0.39, 0.29) is 29.8 Å². The number of carbonyl (C=O) groups is 1. The number of carbonyl (C=O) groups excluding carboxylic acids is 1. The molecule has 0 heterocycles. The highest BCUT2D eigenvalue weighted by Gasteiger charge is 2.32. The molecule has 0 aliphatic heterocycles. The number of rotatable bonds is 7. The number of aliphatic hydroxyl groups excluding tert-OH is 1. The third kappa shape index (κ3) is 4.71. The van der Waals surface area contributed by atoms with Gasteiger partial charge in [-0.2, -0.15) is 0 Å². The molecule has 0 saturated heterocycles. The van der Waals surface area contributed by atoms with Gasteiger partial charge in [0.1, 0.15) is 5.75 Å². The van der Waals surface area contributed by atoms with E-state index in [1.54, 1.807) is 7.11 Å². The fourth-order valence-corrected chi connectivity index (χ4v) is 2.94. The van der Waals surface area contributed by atoms with E-state index in [4.69, 9.17) is 4.74 Å². The Bertz CT molecular complexity index is 488. The lowest BCUT2D eigenvalue weighted by molar-refractivity contribution is -0.141. The van der Waals surface area contributed by atoms with Crippen LogP contribution in [0.5, 0.6) is 5.75 Å². The first-order valence-corrected chi connectivity index (χ1v) is 8.34. The van der Waals surface area contributed by atoms with Gasteiger partial charge >= 0.3 is 0 Å². The van der Waals surface area contributed by atoms with Gasteiger partial charge in [-0.25, -0.2) is 0 Å². The maximum Gasteiger partial charge on any atom is 0.226 e. The van der Waals surface area contributed by atoms with Gasteiger partial charge in [0.15, 0.2) is 0 Å². The van der Waals surface area contributed by atoms with Crippen molar-refractivity contribution < 1.29 is 14.6 Å². The van der Waals surface area contributed by atoms with Crippen molar-refractivity contribution in [3.8, 4) is 5.75 Å². The molecule has 0 bridgehead atoms. The first kappa shape index (κ1) is 19.5. The quantitative estimate of drug-likeness (QED) is 0.834. The smallest absolute Gasteiger partial charge is 0.226 e. The predicted molar refractivity (Wildman–Crippen MR) is 93.4 cm³/mol. The van der Waals surface area contributed by atoms with Crippen LogP contribution in [0.2, 0.25) is 0 Å². The molecule has 0 aliphatic carbocycles. The zero-order chi connectivity index (χ0) is 17.7. The summed E-state index contributed by atoms with van der Waals surface area (Å²) in [5.41, 5.74) is 0.804. The van der Waals surface area contributed by atoms with E-state index in [1.165, 1.54) is 0 Å². The summed E-state index contributed by atoms with van der Waals surface area (Å²) in [6.07, 6.45) is -0.680.